The molecule has 6 nitrogen and oxygen atoms in total. The number of rotatable bonds is 5. The summed E-state index contributed by atoms with van der Waals surface area (Å²) in [5, 5.41) is 2.72. The van der Waals surface area contributed by atoms with Crippen molar-refractivity contribution in [1.82, 2.24) is 4.31 Å². The number of nitrogens with zero attached hydrogens (tertiary/aromatic N) is 1. The lowest BCUT2D eigenvalue weighted by Crippen LogP contribution is -2.40. The minimum absolute atomic E-state index is 0.206. The smallest absolute Gasteiger partial charge is 0.248 e. The molecule has 0 unspecified atom stereocenters. The Hall–Kier alpha value is -2.48. The predicted octanol–water partition coefficient (Wildman–Crippen LogP) is 2.36. The zero-order valence-corrected chi connectivity index (χ0v) is 15.0. The summed E-state index contributed by atoms with van der Waals surface area (Å²) in [5.41, 5.74) is 1.46. The van der Waals surface area contributed by atoms with Crippen molar-refractivity contribution < 1.29 is 17.9 Å². The number of anilines is 1. The molecule has 0 saturated carbocycles. The fourth-order valence-electron chi connectivity index (χ4n) is 2.57. The first-order valence-corrected chi connectivity index (χ1v) is 9.72. The number of carbonyl (C=O) groups is 1. The Labute approximate surface area is 153 Å². The van der Waals surface area contributed by atoms with E-state index in [9.17, 15) is 13.2 Å². The number of morpholine rings is 1. The van der Waals surface area contributed by atoms with E-state index in [0.717, 1.165) is 5.56 Å². The minimum Gasteiger partial charge on any atom is -0.379 e. The van der Waals surface area contributed by atoms with Gasteiger partial charge in [0.2, 0.25) is 15.9 Å². The van der Waals surface area contributed by atoms with Crippen LogP contribution in [-0.2, 0) is 19.6 Å². The Kier molecular flexibility index (Phi) is 5.82. The first-order valence-electron chi connectivity index (χ1n) is 8.28. The van der Waals surface area contributed by atoms with Gasteiger partial charge in [-0.25, -0.2) is 8.42 Å². The standard InChI is InChI=1S/C19H20N2O4S/c22-19(11-6-16-4-2-1-3-5-16)20-17-7-9-18(10-8-17)26(23,24)21-12-14-25-15-13-21/h1-11H,12-15H2,(H,20,22)/b11-6+. The lowest BCUT2D eigenvalue weighted by Gasteiger charge is -2.26. The SMILES string of the molecule is O=C(/C=C/c1ccccc1)Nc1ccc(S(=O)(=O)N2CCOCC2)cc1. The molecule has 1 amide bonds. The second-order valence-corrected chi connectivity index (χ2v) is 7.71. The Morgan fingerprint density at radius 3 is 2.31 bits per heavy atom. The lowest BCUT2D eigenvalue weighted by molar-refractivity contribution is -0.111. The molecule has 2 aromatic carbocycles. The van der Waals surface area contributed by atoms with Crippen LogP contribution in [0.2, 0.25) is 0 Å². The van der Waals surface area contributed by atoms with Crippen LogP contribution in [0.3, 0.4) is 0 Å². The van der Waals surface area contributed by atoms with Gasteiger partial charge in [-0.2, -0.15) is 4.31 Å². The number of hydrogen-bond acceptors (Lipinski definition) is 4. The second-order valence-electron chi connectivity index (χ2n) is 5.77. The van der Waals surface area contributed by atoms with Crippen LogP contribution in [0.25, 0.3) is 6.08 Å². The fourth-order valence-corrected chi connectivity index (χ4v) is 3.97. The monoisotopic (exact) mass is 372 g/mol. The Morgan fingerprint density at radius 1 is 1.00 bits per heavy atom. The van der Waals surface area contributed by atoms with Crippen LogP contribution < -0.4 is 5.32 Å². The first-order chi connectivity index (χ1) is 12.6. The molecule has 26 heavy (non-hydrogen) atoms. The normalized spacial score (nSPS) is 15.8. The van der Waals surface area contributed by atoms with Crippen molar-refractivity contribution in [3.8, 4) is 0 Å². The molecular weight excluding hydrogens is 352 g/mol. The Balaban J connectivity index is 1.64. The van der Waals surface area contributed by atoms with Gasteiger partial charge in [0.25, 0.3) is 0 Å². The molecule has 1 aliphatic heterocycles. The highest BCUT2D eigenvalue weighted by Gasteiger charge is 2.26. The van der Waals surface area contributed by atoms with Gasteiger partial charge in [0.15, 0.2) is 0 Å². The third-order valence-corrected chi connectivity index (χ3v) is 5.87. The highest BCUT2D eigenvalue weighted by molar-refractivity contribution is 7.89. The van der Waals surface area contributed by atoms with Gasteiger partial charge in [-0.05, 0) is 35.9 Å². The van der Waals surface area contributed by atoms with Gasteiger partial charge >= 0.3 is 0 Å². The Bertz CT molecular complexity index is 872. The predicted molar refractivity (Wildman–Crippen MR) is 100 cm³/mol. The van der Waals surface area contributed by atoms with Crippen LogP contribution in [0.15, 0.2) is 65.6 Å². The van der Waals surface area contributed by atoms with Crippen molar-refractivity contribution in [2.24, 2.45) is 0 Å². The molecule has 7 heteroatoms. The maximum absolute atomic E-state index is 12.6. The molecule has 0 spiro atoms. The van der Waals surface area contributed by atoms with E-state index in [4.69, 9.17) is 4.74 Å². The number of sulfonamides is 1. The first kappa shape index (κ1) is 18.3. The molecule has 0 aromatic heterocycles. The third-order valence-electron chi connectivity index (χ3n) is 3.96. The summed E-state index contributed by atoms with van der Waals surface area (Å²) < 4.78 is 31.7. The van der Waals surface area contributed by atoms with Crippen LogP contribution in [0.5, 0.6) is 0 Å². The van der Waals surface area contributed by atoms with Crippen LogP contribution in [0.4, 0.5) is 5.69 Å². The number of hydrogen-bond donors (Lipinski definition) is 1. The number of carbonyl (C=O) groups excluding carboxylic acids is 1. The van der Waals surface area contributed by atoms with Gasteiger partial charge in [0, 0.05) is 24.9 Å². The van der Waals surface area contributed by atoms with Crippen LogP contribution >= 0.6 is 0 Å². The van der Waals surface area contributed by atoms with E-state index in [2.05, 4.69) is 5.32 Å². The molecule has 1 saturated heterocycles. The quantitative estimate of drug-likeness (QED) is 0.818. The van der Waals surface area contributed by atoms with Gasteiger partial charge in [0.05, 0.1) is 18.1 Å². The molecule has 0 radical (unpaired) electrons. The fraction of sp³-hybridized carbons (Fsp3) is 0.211. The van der Waals surface area contributed by atoms with E-state index in [1.807, 2.05) is 30.3 Å². The summed E-state index contributed by atoms with van der Waals surface area (Å²) in [7, 11) is -3.53. The summed E-state index contributed by atoms with van der Waals surface area (Å²) in [6.45, 7) is 1.51. The molecule has 1 aliphatic rings. The summed E-state index contributed by atoms with van der Waals surface area (Å²) in [4.78, 5) is 12.2. The van der Waals surface area contributed by atoms with Gasteiger partial charge in [-0.15, -0.1) is 0 Å². The van der Waals surface area contributed by atoms with Crippen molar-refractivity contribution in [2.45, 2.75) is 4.90 Å². The summed E-state index contributed by atoms with van der Waals surface area (Å²) >= 11 is 0. The number of nitrogens with one attached hydrogen (secondary N) is 1. The van der Waals surface area contributed by atoms with Crippen molar-refractivity contribution in [3.05, 3.63) is 66.2 Å². The largest absolute Gasteiger partial charge is 0.379 e. The van der Waals surface area contributed by atoms with Gasteiger partial charge in [-0.3, -0.25) is 4.79 Å². The summed E-state index contributed by atoms with van der Waals surface area (Å²) in [6, 6.07) is 15.7. The minimum atomic E-state index is -3.53. The molecule has 0 bridgehead atoms. The van der Waals surface area contributed by atoms with Crippen LogP contribution in [-0.4, -0.2) is 44.9 Å². The van der Waals surface area contributed by atoms with Gasteiger partial charge in [-0.1, -0.05) is 30.3 Å². The Morgan fingerprint density at radius 2 is 1.65 bits per heavy atom. The zero-order valence-electron chi connectivity index (χ0n) is 14.2. The molecule has 2 aromatic rings. The highest BCUT2D eigenvalue weighted by atomic mass is 32.2. The summed E-state index contributed by atoms with van der Waals surface area (Å²) in [6.07, 6.45) is 3.15. The average molecular weight is 372 g/mol. The van der Waals surface area contributed by atoms with Crippen molar-refractivity contribution in [2.75, 3.05) is 31.6 Å². The lowest BCUT2D eigenvalue weighted by atomic mass is 10.2. The van der Waals surface area contributed by atoms with Crippen molar-refractivity contribution in [3.63, 3.8) is 0 Å². The molecule has 1 fully saturated rings. The second kappa shape index (κ2) is 8.27. The third kappa shape index (κ3) is 4.57. The van der Waals surface area contributed by atoms with E-state index in [1.165, 1.54) is 22.5 Å². The average Bonchev–Trinajstić information content (AvgIpc) is 2.68. The topological polar surface area (TPSA) is 75.7 Å². The van der Waals surface area contributed by atoms with E-state index < -0.39 is 10.0 Å². The molecular formula is C19H20N2O4S. The van der Waals surface area contributed by atoms with Crippen molar-refractivity contribution in [1.29, 1.82) is 0 Å². The maximum Gasteiger partial charge on any atom is 0.248 e. The number of ether oxygens (including phenoxy) is 1. The molecule has 1 N–H and O–H groups in total. The molecule has 0 aliphatic carbocycles. The number of benzene rings is 2. The van der Waals surface area contributed by atoms with Crippen molar-refractivity contribution >= 4 is 27.7 Å². The summed E-state index contributed by atoms with van der Waals surface area (Å²) in [5.74, 6) is -0.280. The van der Waals surface area contributed by atoms with E-state index in [0.29, 0.717) is 32.0 Å². The van der Waals surface area contributed by atoms with Crippen LogP contribution in [0, 0.1) is 0 Å². The molecule has 136 valence electrons. The molecule has 0 atom stereocenters. The van der Waals surface area contributed by atoms with Gasteiger partial charge in [0.1, 0.15) is 0 Å². The van der Waals surface area contributed by atoms with Crippen LogP contribution in [0.1, 0.15) is 5.56 Å². The van der Waals surface area contributed by atoms with E-state index in [-0.39, 0.29) is 10.8 Å². The van der Waals surface area contributed by atoms with E-state index in [1.54, 1.807) is 18.2 Å². The maximum atomic E-state index is 12.6. The van der Waals surface area contributed by atoms with E-state index >= 15 is 0 Å². The molecule has 3 rings (SSSR count). The molecule has 1 heterocycles. The highest BCUT2D eigenvalue weighted by Crippen LogP contribution is 2.19. The number of amides is 1. The van der Waals surface area contributed by atoms with Gasteiger partial charge < -0.3 is 10.1 Å². The zero-order chi connectivity index (χ0) is 18.4.